The summed E-state index contributed by atoms with van der Waals surface area (Å²) in [6.07, 6.45) is 3.95. The van der Waals surface area contributed by atoms with Crippen LogP contribution in [0.3, 0.4) is 0 Å². The Kier molecular flexibility index (Phi) is 4.76. The third-order valence-electron chi connectivity index (χ3n) is 3.66. The maximum absolute atomic E-state index is 12.5. The van der Waals surface area contributed by atoms with E-state index in [2.05, 4.69) is 9.82 Å². The van der Waals surface area contributed by atoms with Gasteiger partial charge in [-0.3, -0.25) is 9.48 Å². The summed E-state index contributed by atoms with van der Waals surface area (Å²) in [5.41, 5.74) is 0. The van der Waals surface area contributed by atoms with Gasteiger partial charge in [-0.05, 0) is 26.7 Å². The Bertz CT molecular complexity index is 710. The van der Waals surface area contributed by atoms with Gasteiger partial charge in [0.1, 0.15) is 10.9 Å². The lowest BCUT2D eigenvalue weighted by Gasteiger charge is -2.29. The molecule has 1 heterocycles. The van der Waals surface area contributed by atoms with Crippen molar-refractivity contribution in [2.45, 2.75) is 49.7 Å². The van der Waals surface area contributed by atoms with Crippen LogP contribution in [0, 0.1) is 0 Å². The number of nitrogens with zero attached hydrogens (tertiary/aromatic N) is 3. The first kappa shape index (κ1) is 17.4. The van der Waals surface area contributed by atoms with Crippen molar-refractivity contribution in [3.8, 4) is 0 Å². The van der Waals surface area contributed by atoms with E-state index in [9.17, 15) is 18.0 Å². The van der Waals surface area contributed by atoms with E-state index < -0.39 is 34.0 Å². The van der Waals surface area contributed by atoms with Crippen LogP contribution < -0.4 is 4.72 Å². The van der Waals surface area contributed by atoms with E-state index in [4.69, 9.17) is 5.11 Å². The molecule has 2 atom stereocenters. The van der Waals surface area contributed by atoms with Crippen LogP contribution in [-0.4, -0.2) is 58.2 Å². The fourth-order valence-electron chi connectivity index (χ4n) is 2.27. The Morgan fingerprint density at radius 2 is 2.04 bits per heavy atom. The molecule has 10 heteroatoms. The van der Waals surface area contributed by atoms with Crippen molar-refractivity contribution in [3.05, 3.63) is 12.4 Å². The van der Waals surface area contributed by atoms with Gasteiger partial charge in [0.25, 0.3) is 0 Å². The van der Waals surface area contributed by atoms with E-state index in [0.717, 1.165) is 12.8 Å². The molecule has 128 valence electrons. The molecule has 1 aromatic rings. The molecular formula is C13H20N4O5S. The number of aryl methyl sites for hydroxylation is 1. The van der Waals surface area contributed by atoms with Crippen molar-refractivity contribution >= 4 is 21.9 Å². The predicted octanol–water partition coefficient (Wildman–Crippen LogP) is -0.449. The molecule has 1 fully saturated rings. The fraction of sp³-hybridized carbons (Fsp3) is 0.615. The van der Waals surface area contributed by atoms with E-state index in [-0.39, 0.29) is 10.9 Å². The van der Waals surface area contributed by atoms with Crippen LogP contribution in [-0.2, 0) is 26.7 Å². The topological polar surface area (TPSA) is 122 Å². The summed E-state index contributed by atoms with van der Waals surface area (Å²) >= 11 is 0. The smallest absolute Gasteiger partial charge is 0.326 e. The van der Waals surface area contributed by atoms with Crippen LogP contribution in [0.2, 0.25) is 0 Å². The zero-order chi connectivity index (χ0) is 17.4. The summed E-state index contributed by atoms with van der Waals surface area (Å²) in [5, 5.41) is 12.9. The molecule has 0 aromatic carbocycles. The highest BCUT2D eigenvalue weighted by atomic mass is 32.2. The SMILES string of the molecule is CC(NS(=O)(=O)c1cnn(C)c1)C(=O)N(C1CC1)C(C)C(=O)O. The summed E-state index contributed by atoms with van der Waals surface area (Å²) in [7, 11) is -2.32. The molecule has 0 radical (unpaired) electrons. The second kappa shape index (κ2) is 6.28. The third kappa shape index (κ3) is 3.88. The van der Waals surface area contributed by atoms with Crippen molar-refractivity contribution in [3.63, 3.8) is 0 Å². The number of rotatable bonds is 7. The molecule has 2 N–H and O–H groups in total. The van der Waals surface area contributed by atoms with Crippen molar-refractivity contribution in [1.29, 1.82) is 0 Å². The lowest BCUT2D eigenvalue weighted by molar-refractivity contribution is -0.150. The predicted molar refractivity (Wildman–Crippen MR) is 80.0 cm³/mol. The van der Waals surface area contributed by atoms with E-state index in [1.165, 1.54) is 35.8 Å². The number of sulfonamides is 1. The lowest BCUT2D eigenvalue weighted by atomic mass is 10.2. The zero-order valence-corrected chi connectivity index (χ0v) is 13.9. The standard InChI is InChI=1S/C13H20N4O5S/c1-8(15-23(21,22)11-6-14-16(3)7-11)12(18)17(10-4-5-10)9(2)13(19)20/h6-10,15H,4-5H2,1-3H3,(H,19,20). The highest BCUT2D eigenvalue weighted by Crippen LogP contribution is 2.29. The number of hydrogen-bond acceptors (Lipinski definition) is 5. The fourth-order valence-corrected chi connectivity index (χ4v) is 3.45. The second-order valence-corrected chi connectivity index (χ2v) is 7.40. The van der Waals surface area contributed by atoms with E-state index in [0.29, 0.717) is 0 Å². The van der Waals surface area contributed by atoms with Gasteiger partial charge >= 0.3 is 5.97 Å². The maximum atomic E-state index is 12.5. The van der Waals surface area contributed by atoms with Crippen LogP contribution in [0.25, 0.3) is 0 Å². The summed E-state index contributed by atoms with van der Waals surface area (Å²) in [6, 6.07) is -2.21. The van der Waals surface area contributed by atoms with Gasteiger partial charge in [0.2, 0.25) is 15.9 Å². The van der Waals surface area contributed by atoms with Gasteiger partial charge in [0, 0.05) is 19.3 Å². The number of hydrogen-bond donors (Lipinski definition) is 2. The molecule has 0 bridgehead atoms. The normalized spacial score (nSPS) is 17.5. The molecule has 1 aromatic heterocycles. The minimum Gasteiger partial charge on any atom is -0.480 e. The summed E-state index contributed by atoms with van der Waals surface area (Å²) in [6.45, 7) is 2.82. The first-order chi connectivity index (χ1) is 10.6. The van der Waals surface area contributed by atoms with Crippen molar-refractivity contribution in [2.24, 2.45) is 7.05 Å². The molecular weight excluding hydrogens is 324 g/mol. The summed E-state index contributed by atoms with van der Waals surface area (Å²) < 4.78 is 28.1. The number of aliphatic carboxylic acids is 1. The van der Waals surface area contributed by atoms with Crippen LogP contribution >= 0.6 is 0 Å². The van der Waals surface area contributed by atoms with Gasteiger partial charge in [-0.15, -0.1) is 0 Å². The molecule has 2 rings (SSSR count). The number of carboxylic acids is 1. The first-order valence-electron chi connectivity index (χ1n) is 7.19. The molecule has 2 unspecified atom stereocenters. The van der Waals surface area contributed by atoms with Crippen LogP contribution in [0.5, 0.6) is 0 Å². The Morgan fingerprint density at radius 1 is 1.43 bits per heavy atom. The third-order valence-corrected chi connectivity index (χ3v) is 5.16. The van der Waals surface area contributed by atoms with E-state index in [1.54, 1.807) is 7.05 Å². The van der Waals surface area contributed by atoms with Gasteiger partial charge in [-0.2, -0.15) is 9.82 Å². The average Bonchev–Trinajstić information content (AvgIpc) is 3.18. The molecule has 23 heavy (non-hydrogen) atoms. The quantitative estimate of drug-likeness (QED) is 0.691. The molecule has 1 aliphatic rings. The van der Waals surface area contributed by atoms with E-state index in [1.807, 2.05) is 0 Å². The number of carbonyl (C=O) groups excluding carboxylic acids is 1. The second-order valence-electron chi connectivity index (χ2n) is 5.68. The van der Waals surface area contributed by atoms with E-state index >= 15 is 0 Å². The largest absolute Gasteiger partial charge is 0.480 e. The average molecular weight is 344 g/mol. The lowest BCUT2D eigenvalue weighted by Crippen LogP contribution is -2.52. The highest BCUT2D eigenvalue weighted by Gasteiger charge is 2.40. The van der Waals surface area contributed by atoms with Gasteiger partial charge in [-0.1, -0.05) is 0 Å². The van der Waals surface area contributed by atoms with Crippen molar-refractivity contribution < 1.29 is 23.1 Å². The van der Waals surface area contributed by atoms with Crippen molar-refractivity contribution in [1.82, 2.24) is 19.4 Å². The van der Waals surface area contributed by atoms with Gasteiger partial charge < -0.3 is 10.0 Å². The molecule has 0 aliphatic heterocycles. The van der Waals surface area contributed by atoms with Gasteiger partial charge in [-0.25, -0.2) is 13.2 Å². The van der Waals surface area contributed by atoms with Crippen LogP contribution in [0.4, 0.5) is 0 Å². The minimum absolute atomic E-state index is 0.0519. The summed E-state index contributed by atoms with van der Waals surface area (Å²) in [5.74, 6) is -1.66. The number of carboxylic acid groups (broad SMARTS) is 1. The van der Waals surface area contributed by atoms with Crippen molar-refractivity contribution in [2.75, 3.05) is 0 Å². The molecule has 0 saturated heterocycles. The zero-order valence-electron chi connectivity index (χ0n) is 13.1. The first-order valence-corrected chi connectivity index (χ1v) is 8.67. The van der Waals surface area contributed by atoms with Crippen LogP contribution in [0.1, 0.15) is 26.7 Å². The Morgan fingerprint density at radius 3 is 2.48 bits per heavy atom. The minimum atomic E-state index is -3.90. The molecule has 1 aliphatic carbocycles. The molecule has 9 nitrogen and oxygen atoms in total. The number of amides is 1. The number of aromatic nitrogens is 2. The number of nitrogens with one attached hydrogen (secondary N) is 1. The monoisotopic (exact) mass is 344 g/mol. The summed E-state index contributed by atoms with van der Waals surface area (Å²) in [4.78, 5) is 24.9. The molecule has 1 saturated carbocycles. The van der Waals surface area contributed by atoms with Gasteiger partial charge in [0.05, 0.1) is 12.2 Å². The van der Waals surface area contributed by atoms with Gasteiger partial charge in [0.15, 0.2) is 0 Å². The number of carbonyl (C=O) groups is 2. The van der Waals surface area contributed by atoms with Crippen LogP contribution in [0.15, 0.2) is 17.3 Å². The Balaban J connectivity index is 2.13. The maximum Gasteiger partial charge on any atom is 0.326 e. The molecule has 0 spiro atoms. The Hall–Kier alpha value is -1.94. The Labute approximate surface area is 134 Å². The highest BCUT2D eigenvalue weighted by molar-refractivity contribution is 7.89. The molecule has 1 amide bonds.